The van der Waals surface area contributed by atoms with Crippen LogP contribution in [0.4, 0.5) is 5.69 Å². The highest BCUT2D eigenvalue weighted by molar-refractivity contribution is 6.09. The van der Waals surface area contributed by atoms with Gasteiger partial charge in [0.1, 0.15) is 30.3 Å². The fourth-order valence-corrected chi connectivity index (χ4v) is 3.52. The van der Waals surface area contributed by atoms with Crippen LogP contribution in [0.1, 0.15) is 6.92 Å². The molecule has 138 valence electrons. The molecule has 5 rings (SSSR count). The molecular weight excluding hydrogens is 344 g/mol. The first-order valence-electron chi connectivity index (χ1n) is 9.10. The lowest BCUT2D eigenvalue weighted by Gasteiger charge is -2.38. The Bertz CT molecular complexity index is 924. The van der Waals surface area contributed by atoms with Crippen LogP contribution < -0.4 is 25.1 Å². The number of amidine groups is 1. The molecule has 1 saturated heterocycles. The van der Waals surface area contributed by atoms with E-state index >= 15 is 0 Å². The predicted molar refractivity (Wildman–Crippen MR) is 102 cm³/mol. The molecule has 1 atom stereocenters. The Morgan fingerprint density at radius 3 is 2.78 bits per heavy atom. The number of fused-ring (bicyclic) bond motifs is 3. The third-order valence-electron chi connectivity index (χ3n) is 5.14. The SMILES string of the molecule is CC1C(=O)NN=C2COc3cc(-c4ccccc4)c(OC4CNC4)cc3N21. The number of nitrogens with zero attached hydrogens (tertiary/aromatic N) is 2. The van der Waals surface area contributed by atoms with E-state index in [4.69, 9.17) is 9.47 Å². The lowest BCUT2D eigenvalue weighted by molar-refractivity contribution is -0.122. The van der Waals surface area contributed by atoms with Gasteiger partial charge in [0, 0.05) is 24.7 Å². The number of rotatable bonds is 3. The molecular formula is C20H20N4O3. The van der Waals surface area contributed by atoms with Gasteiger partial charge in [0.25, 0.3) is 5.91 Å². The molecule has 2 N–H and O–H groups in total. The number of carbonyl (C=O) groups excluding carboxylic acids is 1. The highest BCUT2D eigenvalue weighted by atomic mass is 16.5. The minimum atomic E-state index is -0.360. The van der Waals surface area contributed by atoms with Crippen molar-refractivity contribution < 1.29 is 14.3 Å². The van der Waals surface area contributed by atoms with Crippen molar-refractivity contribution in [1.82, 2.24) is 10.7 Å². The van der Waals surface area contributed by atoms with Gasteiger partial charge >= 0.3 is 0 Å². The standard InChI is InChI=1S/C20H20N4O3/c1-12-20(25)23-22-19-11-26-18-7-15(13-5-3-2-4-6-13)17(8-16(18)24(12)19)27-14-9-21-10-14/h2-8,12,14,21H,9-11H2,1H3,(H,23,25). The zero-order valence-electron chi connectivity index (χ0n) is 14.9. The number of amides is 1. The second-order valence-electron chi connectivity index (χ2n) is 6.92. The van der Waals surface area contributed by atoms with Gasteiger partial charge in [0.2, 0.25) is 0 Å². The van der Waals surface area contributed by atoms with Crippen LogP contribution in [0.25, 0.3) is 11.1 Å². The van der Waals surface area contributed by atoms with Crippen molar-refractivity contribution >= 4 is 17.4 Å². The van der Waals surface area contributed by atoms with Crippen molar-refractivity contribution in [1.29, 1.82) is 0 Å². The topological polar surface area (TPSA) is 75.2 Å². The van der Waals surface area contributed by atoms with Gasteiger partial charge in [-0.2, -0.15) is 5.10 Å². The Morgan fingerprint density at radius 2 is 2.04 bits per heavy atom. The largest absolute Gasteiger partial charge is 0.487 e. The number of nitrogens with one attached hydrogen (secondary N) is 2. The first-order chi connectivity index (χ1) is 13.2. The van der Waals surface area contributed by atoms with Gasteiger partial charge in [0.15, 0.2) is 5.84 Å². The Morgan fingerprint density at radius 1 is 1.22 bits per heavy atom. The molecule has 1 fully saturated rings. The number of carbonyl (C=O) groups is 1. The average molecular weight is 364 g/mol. The Labute approximate surface area is 157 Å². The van der Waals surface area contributed by atoms with Gasteiger partial charge in [-0.25, -0.2) is 5.43 Å². The second-order valence-corrected chi connectivity index (χ2v) is 6.92. The lowest BCUT2D eigenvalue weighted by Crippen LogP contribution is -2.55. The number of benzene rings is 2. The maximum atomic E-state index is 12.1. The van der Waals surface area contributed by atoms with Gasteiger partial charge in [-0.3, -0.25) is 4.79 Å². The number of anilines is 1. The molecule has 0 aromatic heterocycles. The quantitative estimate of drug-likeness (QED) is 0.868. The molecule has 0 bridgehead atoms. The van der Waals surface area contributed by atoms with E-state index in [1.54, 1.807) is 0 Å². The van der Waals surface area contributed by atoms with Crippen LogP contribution in [-0.4, -0.2) is 43.6 Å². The van der Waals surface area contributed by atoms with E-state index in [0.717, 1.165) is 41.4 Å². The highest BCUT2D eigenvalue weighted by Gasteiger charge is 2.36. The number of hydrogen-bond donors (Lipinski definition) is 2. The molecule has 0 radical (unpaired) electrons. The van der Waals surface area contributed by atoms with Crippen LogP contribution in [0.5, 0.6) is 11.5 Å². The summed E-state index contributed by atoms with van der Waals surface area (Å²) in [6.45, 7) is 3.84. The predicted octanol–water partition coefficient (Wildman–Crippen LogP) is 1.73. The van der Waals surface area contributed by atoms with Crippen molar-refractivity contribution in [2.75, 3.05) is 24.6 Å². The summed E-state index contributed by atoms with van der Waals surface area (Å²) in [6.07, 6.45) is 0.144. The molecule has 0 saturated carbocycles. The summed E-state index contributed by atoms with van der Waals surface area (Å²) in [5.74, 6) is 2.07. The molecule has 7 heteroatoms. The smallest absolute Gasteiger partial charge is 0.262 e. The monoisotopic (exact) mass is 364 g/mol. The molecule has 2 aromatic carbocycles. The highest BCUT2D eigenvalue weighted by Crippen LogP contribution is 2.44. The van der Waals surface area contributed by atoms with Crippen molar-refractivity contribution in [3.8, 4) is 22.6 Å². The number of hydrazone groups is 1. The van der Waals surface area contributed by atoms with E-state index in [2.05, 4.69) is 28.0 Å². The van der Waals surface area contributed by atoms with Crippen molar-refractivity contribution in [2.45, 2.75) is 19.1 Å². The van der Waals surface area contributed by atoms with E-state index < -0.39 is 0 Å². The van der Waals surface area contributed by atoms with Crippen LogP contribution in [0.2, 0.25) is 0 Å². The average Bonchev–Trinajstić information content (AvgIpc) is 2.67. The summed E-state index contributed by atoms with van der Waals surface area (Å²) in [6, 6.07) is 13.7. The van der Waals surface area contributed by atoms with Crippen LogP contribution >= 0.6 is 0 Å². The van der Waals surface area contributed by atoms with E-state index in [0.29, 0.717) is 12.4 Å². The second kappa shape index (κ2) is 6.28. The van der Waals surface area contributed by atoms with Gasteiger partial charge in [0.05, 0.1) is 5.69 Å². The summed E-state index contributed by atoms with van der Waals surface area (Å²) in [5, 5.41) is 7.38. The maximum absolute atomic E-state index is 12.1. The van der Waals surface area contributed by atoms with Crippen molar-refractivity contribution in [3.63, 3.8) is 0 Å². The molecule has 3 aliphatic heterocycles. The molecule has 7 nitrogen and oxygen atoms in total. The van der Waals surface area contributed by atoms with Crippen LogP contribution in [0, 0.1) is 0 Å². The third-order valence-corrected chi connectivity index (χ3v) is 5.14. The molecule has 0 spiro atoms. The van der Waals surface area contributed by atoms with Crippen LogP contribution in [0.3, 0.4) is 0 Å². The zero-order chi connectivity index (χ0) is 18.4. The Balaban J connectivity index is 1.63. The van der Waals surface area contributed by atoms with E-state index in [9.17, 15) is 4.79 Å². The minimum Gasteiger partial charge on any atom is -0.487 e. The first kappa shape index (κ1) is 16.1. The molecule has 2 aromatic rings. The van der Waals surface area contributed by atoms with Gasteiger partial charge in [-0.05, 0) is 18.6 Å². The van der Waals surface area contributed by atoms with E-state index in [1.165, 1.54) is 0 Å². The summed E-state index contributed by atoms with van der Waals surface area (Å²) in [5.41, 5.74) is 5.41. The van der Waals surface area contributed by atoms with Crippen LogP contribution in [-0.2, 0) is 4.79 Å². The third kappa shape index (κ3) is 2.71. The Hall–Kier alpha value is -3.06. The summed E-state index contributed by atoms with van der Waals surface area (Å²) in [7, 11) is 0. The normalized spacial score (nSPS) is 21.2. The van der Waals surface area contributed by atoms with Crippen LogP contribution in [0.15, 0.2) is 47.6 Å². The molecule has 3 aliphatic rings. The Kier molecular flexibility index (Phi) is 3.75. The van der Waals surface area contributed by atoms with E-state index in [1.807, 2.05) is 42.2 Å². The fraction of sp³-hybridized carbons (Fsp3) is 0.300. The lowest BCUT2D eigenvalue weighted by atomic mass is 10.0. The molecule has 0 aliphatic carbocycles. The minimum absolute atomic E-state index is 0.135. The molecule has 3 heterocycles. The van der Waals surface area contributed by atoms with Gasteiger partial charge in [-0.1, -0.05) is 30.3 Å². The first-order valence-corrected chi connectivity index (χ1v) is 9.10. The number of ether oxygens (including phenoxy) is 2. The fourth-order valence-electron chi connectivity index (χ4n) is 3.52. The summed E-state index contributed by atoms with van der Waals surface area (Å²) in [4.78, 5) is 14.1. The molecule has 1 amide bonds. The number of hydrogen-bond acceptors (Lipinski definition) is 6. The van der Waals surface area contributed by atoms with Crippen molar-refractivity contribution in [3.05, 3.63) is 42.5 Å². The molecule has 1 unspecified atom stereocenters. The zero-order valence-corrected chi connectivity index (χ0v) is 14.9. The van der Waals surface area contributed by atoms with Gasteiger partial charge < -0.3 is 19.7 Å². The summed E-state index contributed by atoms with van der Waals surface area (Å²) >= 11 is 0. The van der Waals surface area contributed by atoms with Crippen molar-refractivity contribution in [2.24, 2.45) is 5.10 Å². The van der Waals surface area contributed by atoms with Gasteiger partial charge in [-0.15, -0.1) is 0 Å². The van der Waals surface area contributed by atoms with E-state index in [-0.39, 0.29) is 18.1 Å². The maximum Gasteiger partial charge on any atom is 0.262 e. The summed E-state index contributed by atoms with van der Waals surface area (Å²) < 4.78 is 12.2. The molecule has 27 heavy (non-hydrogen) atoms.